The third-order valence-corrected chi connectivity index (χ3v) is 6.00. The Bertz CT molecular complexity index is 1070. The molecule has 1 fully saturated rings. The number of nitrogens with one attached hydrogen (secondary N) is 1. The maximum atomic E-state index is 13.6. The zero-order valence-electron chi connectivity index (χ0n) is 21.8. The molecule has 1 aliphatic heterocycles. The number of nitrogens with zero attached hydrogens (tertiary/aromatic N) is 2. The number of hydrogen-bond donors (Lipinski definition) is 2. The normalized spacial score (nSPS) is 18.1. The van der Waals surface area contributed by atoms with Gasteiger partial charge in [-0.05, 0) is 36.2 Å². The molecule has 2 aromatic rings. The number of methoxy groups -OCH3 is 1. The van der Waals surface area contributed by atoms with Gasteiger partial charge in [0.15, 0.2) is 11.6 Å². The maximum absolute atomic E-state index is 13.6. The summed E-state index contributed by atoms with van der Waals surface area (Å²) < 4.78 is 43.2. The zero-order valence-corrected chi connectivity index (χ0v) is 21.8. The van der Waals surface area contributed by atoms with E-state index in [4.69, 9.17) is 14.2 Å². The lowest BCUT2D eigenvalue weighted by atomic mass is 10.0. The third-order valence-electron chi connectivity index (χ3n) is 6.00. The number of halogens is 2. The highest BCUT2D eigenvalue weighted by Crippen LogP contribution is 2.22. The van der Waals surface area contributed by atoms with Crippen LogP contribution in [0.1, 0.15) is 18.9 Å². The Morgan fingerprint density at radius 3 is 2.45 bits per heavy atom. The van der Waals surface area contributed by atoms with Crippen molar-refractivity contribution in [2.75, 3.05) is 59.7 Å². The molecule has 208 valence electrons. The number of amides is 2. The van der Waals surface area contributed by atoms with Crippen molar-refractivity contribution in [3.63, 3.8) is 0 Å². The van der Waals surface area contributed by atoms with Gasteiger partial charge >= 0.3 is 0 Å². The number of hydrogen-bond acceptors (Lipinski definition) is 7. The van der Waals surface area contributed by atoms with Crippen molar-refractivity contribution in [3.05, 3.63) is 59.7 Å². The van der Waals surface area contributed by atoms with Crippen LogP contribution in [0.15, 0.2) is 42.5 Å². The van der Waals surface area contributed by atoms with Gasteiger partial charge in [-0.25, -0.2) is 8.78 Å². The molecule has 2 amide bonds. The van der Waals surface area contributed by atoms with Crippen LogP contribution in [0.2, 0.25) is 0 Å². The summed E-state index contributed by atoms with van der Waals surface area (Å²) >= 11 is 0. The predicted molar refractivity (Wildman–Crippen MR) is 136 cm³/mol. The Morgan fingerprint density at radius 1 is 1.03 bits per heavy atom. The van der Waals surface area contributed by atoms with E-state index in [2.05, 4.69) is 5.32 Å². The average Bonchev–Trinajstić information content (AvgIpc) is 3.04. The highest BCUT2D eigenvalue weighted by molar-refractivity contribution is 5.77. The summed E-state index contributed by atoms with van der Waals surface area (Å²) in [6.45, 7) is 3.73. The predicted octanol–water partition coefficient (Wildman–Crippen LogP) is 1.97. The van der Waals surface area contributed by atoms with Crippen LogP contribution in [0.3, 0.4) is 0 Å². The first-order chi connectivity index (χ1) is 18.2. The molecule has 1 heterocycles. The lowest BCUT2D eigenvalue weighted by Gasteiger charge is -2.33. The molecule has 1 saturated heterocycles. The number of benzene rings is 2. The van der Waals surface area contributed by atoms with Crippen LogP contribution in [0.4, 0.5) is 8.78 Å². The lowest BCUT2D eigenvalue weighted by Crippen LogP contribution is -2.52. The van der Waals surface area contributed by atoms with Gasteiger partial charge < -0.3 is 29.5 Å². The molecule has 0 saturated carbocycles. The first kappa shape index (κ1) is 29.3. The van der Waals surface area contributed by atoms with E-state index in [1.165, 1.54) is 25.0 Å². The Kier molecular flexibility index (Phi) is 10.8. The van der Waals surface area contributed by atoms with E-state index in [9.17, 15) is 23.5 Å². The molecule has 1 aliphatic rings. The van der Waals surface area contributed by atoms with Gasteiger partial charge in [0.25, 0.3) is 0 Å². The summed E-state index contributed by atoms with van der Waals surface area (Å²) in [6.07, 6.45) is 0.693. The van der Waals surface area contributed by atoms with Crippen LogP contribution in [0.25, 0.3) is 0 Å². The van der Waals surface area contributed by atoms with E-state index in [0.29, 0.717) is 45.0 Å². The molecule has 2 N–H and O–H groups in total. The van der Waals surface area contributed by atoms with Crippen LogP contribution in [0, 0.1) is 11.6 Å². The largest absolute Gasteiger partial charge is 0.494 e. The summed E-state index contributed by atoms with van der Waals surface area (Å²) in [5.41, 5.74) is -0.488. The van der Waals surface area contributed by atoms with Gasteiger partial charge in [-0.15, -0.1) is 0 Å². The second-order valence-electron chi connectivity index (χ2n) is 9.38. The quantitative estimate of drug-likeness (QED) is 0.401. The lowest BCUT2D eigenvalue weighted by molar-refractivity contribution is -0.138. The minimum atomic E-state index is -1.47. The van der Waals surface area contributed by atoms with Crippen LogP contribution in [0.5, 0.6) is 11.5 Å². The average molecular weight is 536 g/mol. The molecule has 0 unspecified atom stereocenters. The van der Waals surface area contributed by atoms with Crippen LogP contribution >= 0.6 is 0 Å². The molecule has 0 aromatic heterocycles. The van der Waals surface area contributed by atoms with Crippen molar-refractivity contribution in [3.8, 4) is 11.5 Å². The number of carbonyl (C=O) groups is 2. The Balaban J connectivity index is 1.63. The standard InChI is InChI=1S/C27H35F2N3O6/c1-20(33)30-10-3-13-37-22-6-4-21(5-7-22)15-31-11-12-32(26(34)16-36-2)18-27(35,17-31)19-38-23-8-9-24(28)25(29)14-23/h4-9,14,35H,3,10-13,15-19H2,1-2H3,(H,30,33)/t27-/m0/s1. The van der Waals surface area contributed by atoms with E-state index in [-0.39, 0.29) is 43.9 Å². The number of β-amino-alcohol motifs (C(OH)–C–C–N with tert-alkyl or cyclic N) is 1. The van der Waals surface area contributed by atoms with Gasteiger partial charge in [-0.2, -0.15) is 0 Å². The van der Waals surface area contributed by atoms with E-state index < -0.39 is 17.2 Å². The van der Waals surface area contributed by atoms with Gasteiger partial charge in [-0.3, -0.25) is 14.5 Å². The Hall–Kier alpha value is -3.28. The highest BCUT2D eigenvalue weighted by Gasteiger charge is 2.37. The molecule has 0 radical (unpaired) electrons. The first-order valence-corrected chi connectivity index (χ1v) is 12.4. The second kappa shape index (κ2) is 14.0. The SMILES string of the molecule is COCC(=O)N1CCN(Cc2ccc(OCCCNC(C)=O)cc2)C[C@@](O)(COc2ccc(F)c(F)c2)C1. The minimum absolute atomic E-state index is 0.000628. The van der Waals surface area contributed by atoms with E-state index in [1.54, 1.807) is 0 Å². The van der Waals surface area contributed by atoms with Gasteiger partial charge in [0.05, 0.1) is 13.2 Å². The topological polar surface area (TPSA) is 101 Å². The summed E-state index contributed by atoms with van der Waals surface area (Å²) in [7, 11) is 1.43. The van der Waals surface area contributed by atoms with E-state index in [1.807, 2.05) is 29.2 Å². The van der Waals surface area contributed by atoms with Crippen molar-refractivity contribution in [2.24, 2.45) is 0 Å². The molecule has 38 heavy (non-hydrogen) atoms. The molecule has 9 nitrogen and oxygen atoms in total. The van der Waals surface area contributed by atoms with Crippen molar-refractivity contribution in [2.45, 2.75) is 25.5 Å². The summed E-state index contributed by atoms with van der Waals surface area (Å²) in [5, 5.41) is 14.2. The number of rotatable bonds is 12. The zero-order chi connectivity index (χ0) is 27.5. The van der Waals surface area contributed by atoms with E-state index in [0.717, 1.165) is 17.7 Å². The van der Waals surface area contributed by atoms with Gasteiger partial charge in [0.2, 0.25) is 11.8 Å². The van der Waals surface area contributed by atoms with Crippen molar-refractivity contribution < 1.29 is 37.7 Å². The van der Waals surface area contributed by atoms with Gasteiger partial charge in [-0.1, -0.05) is 12.1 Å². The maximum Gasteiger partial charge on any atom is 0.248 e. The Morgan fingerprint density at radius 2 is 1.76 bits per heavy atom. The molecular weight excluding hydrogens is 500 g/mol. The smallest absolute Gasteiger partial charge is 0.248 e. The number of carbonyl (C=O) groups excluding carboxylic acids is 2. The van der Waals surface area contributed by atoms with Crippen molar-refractivity contribution >= 4 is 11.8 Å². The summed E-state index contributed by atoms with van der Waals surface area (Å²) in [5.74, 6) is -1.59. The highest BCUT2D eigenvalue weighted by atomic mass is 19.2. The van der Waals surface area contributed by atoms with Crippen molar-refractivity contribution in [1.82, 2.24) is 15.1 Å². The van der Waals surface area contributed by atoms with Gasteiger partial charge in [0, 0.05) is 52.8 Å². The van der Waals surface area contributed by atoms with Crippen molar-refractivity contribution in [1.29, 1.82) is 0 Å². The molecule has 0 bridgehead atoms. The summed E-state index contributed by atoms with van der Waals surface area (Å²) in [4.78, 5) is 27.0. The minimum Gasteiger partial charge on any atom is -0.494 e. The second-order valence-corrected chi connectivity index (χ2v) is 9.38. The summed E-state index contributed by atoms with van der Waals surface area (Å²) in [6, 6.07) is 10.7. The first-order valence-electron chi connectivity index (χ1n) is 12.4. The number of ether oxygens (including phenoxy) is 3. The fourth-order valence-electron chi connectivity index (χ4n) is 4.16. The van der Waals surface area contributed by atoms with Gasteiger partial charge in [0.1, 0.15) is 30.3 Å². The van der Waals surface area contributed by atoms with Crippen LogP contribution < -0.4 is 14.8 Å². The molecule has 11 heteroatoms. The molecule has 2 aromatic carbocycles. The molecule has 1 atom stereocenters. The fraction of sp³-hybridized carbons (Fsp3) is 0.481. The molecule has 3 rings (SSSR count). The van der Waals surface area contributed by atoms with E-state index >= 15 is 0 Å². The fourth-order valence-corrected chi connectivity index (χ4v) is 4.16. The monoisotopic (exact) mass is 535 g/mol. The third kappa shape index (κ3) is 9.23. The molecular formula is C27H35F2N3O6. The molecule has 0 aliphatic carbocycles. The Labute approximate surface area is 221 Å². The number of aliphatic hydroxyl groups is 1. The molecule has 0 spiro atoms. The van der Waals surface area contributed by atoms with Crippen LogP contribution in [-0.4, -0.2) is 92.0 Å². The van der Waals surface area contributed by atoms with Crippen LogP contribution in [-0.2, 0) is 20.9 Å².